The summed E-state index contributed by atoms with van der Waals surface area (Å²) in [6.07, 6.45) is 0. The molecule has 0 spiro atoms. The van der Waals surface area contributed by atoms with Gasteiger partial charge in [0.2, 0.25) is 0 Å². The normalized spacial score (nSPS) is 10.5. The Morgan fingerprint density at radius 3 is 2.19 bits per heavy atom. The van der Waals surface area contributed by atoms with Gasteiger partial charge in [0, 0.05) is 10.0 Å². The molecule has 16 heavy (non-hydrogen) atoms. The maximum atomic E-state index is 13.9. The number of halogens is 3. The number of hydrogen-bond acceptors (Lipinski definition) is 0. The van der Waals surface area contributed by atoms with Crippen molar-refractivity contribution in [3.63, 3.8) is 0 Å². The van der Waals surface area contributed by atoms with Crippen LogP contribution in [0.3, 0.4) is 0 Å². The van der Waals surface area contributed by atoms with Gasteiger partial charge in [-0.05, 0) is 36.2 Å². The Hall–Kier alpha value is -1.22. The van der Waals surface area contributed by atoms with E-state index in [-0.39, 0.29) is 11.6 Å². The van der Waals surface area contributed by atoms with Crippen LogP contribution in [-0.2, 0) is 0 Å². The molecule has 0 N–H and O–H groups in total. The molecular formula is C13H9BrF2. The Labute approximate surface area is 101 Å². The van der Waals surface area contributed by atoms with E-state index in [1.54, 1.807) is 31.2 Å². The first-order valence-corrected chi connectivity index (χ1v) is 5.59. The maximum Gasteiger partial charge on any atom is 0.135 e. The zero-order valence-corrected chi connectivity index (χ0v) is 10.2. The van der Waals surface area contributed by atoms with Crippen LogP contribution in [0.4, 0.5) is 8.78 Å². The molecule has 0 saturated carbocycles. The van der Waals surface area contributed by atoms with E-state index in [0.29, 0.717) is 16.7 Å². The van der Waals surface area contributed by atoms with E-state index in [1.807, 2.05) is 0 Å². The molecule has 0 heterocycles. The third kappa shape index (κ3) is 2.00. The van der Waals surface area contributed by atoms with Gasteiger partial charge in [-0.1, -0.05) is 34.1 Å². The summed E-state index contributed by atoms with van der Waals surface area (Å²) in [4.78, 5) is 0. The van der Waals surface area contributed by atoms with Gasteiger partial charge in [0.1, 0.15) is 11.6 Å². The average Bonchev–Trinajstić information content (AvgIpc) is 2.28. The van der Waals surface area contributed by atoms with Gasteiger partial charge in [-0.3, -0.25) is 0 Å². The highest BCUT2D eigenvalue weighted by Gasteiger charge is 2.09. The second-order valence-electron chi connectivity index (χ2n) is 3.54. The molecule has 3 heteroatoms. The summed E-state index contributed by atoms with van der Waals surface area (Å²) >= 11 is 3.26. The SMILES string of the molecule is Cc1c(Br)ccc(-c2ccc(F)cc2)c1F. The molecule has 82 valence electrons. The fraction of sp³-hybridized carbons (Fsp3) is 0.0769. The Morgan fingerprint density at radius 1 is 0.938 bits per heavy atom. The topological polar surface area (TPSA) is 0 Å². The second-order valence-corrected chi connectivity index (χ2v) is 4.40. The van der Waals surface area contributed by atoms with Crippen molar-refractivity contribution in [1.29, 1.82) is 0 Å². The van der Waals surface area contributed by atoms with Crippen LogP contribution in [0.2, 0.25) is 0 Å². The quantitative estimate of drug-likeness (QED) is 0.711. The maximum absolute atomic E-state index is 13.9. The van der Waals surface area contributed by atoms with E-state index in [9.17, 15) is 8.78 Å². The second kappa shape index (κ2) is 4.34. The predicted octanol–water partition coefficient (Wildman–Crippen LogP) is 4.70. The minimum absolute atomic E-state index is 0.277. The molecule has 0 radical (unpaired) electrons. The highest BCUT2D eigenvalue weighted by Crippen LogP contribution is 2.29. The Kier molecular flexibility index (Phi) is 3.06. The van der Waals surface area contributed by atoms with E-state index in [4.69, 9.17) is 0 Å². The van der Waals surface area contributed by atoms with Crippen molar-refractivity contribution in [2.45, 2.75) is 6.92 Å². The van der Waals surface area contributed by atoms with E-state index in [1.165, 1.54) is 12.1 Å². The van der Waals surface area contributed by atoms with E-state index in [0.717, 1.165) is 4.47 Å². The van der Waals surface area contributed by atoms with Crippen molar-refractivity contribution in [2.75, 3.05) is 0 Å². The van der Waals surface area contributed by atoms with Gasteiger partial charge in [0.15, 0.2) is 0 Å². The van der Waals surface area contributed by atoms with Crippen LogP contribution in [-0.4, -0.2) is 0 Å². The molecule has 0 aliphatic heterocycles. The molecule has 0 atom stereocenters. The molecule has 0 bridgehead atoms. The molecule has 0 nitrogen and oxygen atoms in total. The number of rotatable bonds is 1. The largest absolute Gasteiger partial charge is 0.207 e. The van der Waals surface area contributed by atoms with Crippen LogP contribution >= 0.6 is 15.9 Å². The Bertz CT molecular complexity index is 518. The zero-order chi connectivity index (χ0) is 11.7. The molecule has 0 aromatic heterocycles. The third-order valence-corrected chi connectivity index (χ3v) is 3.33. The summed E-state index contributed by atoms with van der Waals surface area (Å²) < 4.78 is 27.4. The van der Waals surface area contributed by atoms with Crippen molar-refractivity contribution < 1.29 is 8.78 Å². The standard InChI is InChI=1S/C13H9BrF2/c1-8-12(14)7-6-11(13(8)16)9-2-4-10(15)5-3-9/h2-7H,1H3. The molecule has 0 saturated heterocycles. The van der Waals surface area contributed by atoms with Gasteiger partial charge in [0.25, 0.3) is 0 Å². The van der Waals surface area contributed by atoms with Crippen LogP contribution in [0, 0.1) is 18.6 Å². The lowest BCUT2D eigenvalue weighted by Crippen LogP contribution is -1.90. The lowest BCUT2D eigenvalue weighted by molar-refractivity contribution is 0.619. The Balaban J connectivity index is 2.57. The highest BCUT2D eigenvalue weighted by molar-refractivity contribution is 9.10. The Morgan fingerprint density at radius 2 is 1.56 bits per heavy atom. The van der Waals surface area contributed by atoms with Crippen LogP contribution in [0.1, 0.15) is 5.56 Å². The summed E-state index contributed by atoms with van der Waals surface area (Å²) in [5.74, 6) is -0.598. The molecular weight excluding hydrogens is 274 g/mol. The predicted molar refractivity (Wildman–Crippen MR) is 64.2 cm³/mol. The molecule has 2 rings (SSSR count). The molecule has 0 fully saturated rings. The molecule has 0 aliphatic carbocycles. The first kappa shape index (κ1) is 11.3. The third-order valence-electron chi connectivity index (χ3n) is 2.48. The monoisotopic (exact) mass is 282 g/mol. The minimum Gasteiger partial charge on any atom is -0.207 e. The van der Waals surface area contributed by atoms with Gasteiger partial charge < -0.3 is 0 Å². The molecule has 0 amide bonds. The average molecular weight is 283 g/mol. The smallest absolute Gasteiger partial charge is 0.135 e. The minimum atomic E-state index is -0.321. The van der Waals surface area contributed by atoms with Crippen molar-refractivity contribution in [2.24, 2.45) is 0 Å². The first-order valence-electron chi connectivity index (χ1n) is 4.80. The highest BCUT2D eigenvalue weighted by atomic mass is 79.9. The summed E-state index contributed by atoms with van der Waals surface area (Å²) in [5, 5.41) is 0. The van der Waals surface area contributed by atoms with Crippen LogP contribution in [0.25, 0.3) is 11.1 Å². The van der Waals surface area contributed by atoms with Gasteiger partial charge in [-0.25, -0.2) is 8.78 Å². The molecule has 2 aromatic carbocycles. The lowest BCUT2D eigenvalue weighted by Gasteiger charge is -2.07. The van der Waals surface area contributed by atoms with Crippen molar-refractivity contribution in [3.05, 3.63) is 58.1 Å². The van der Waals surface area contributed by atoms with Crippen molar-refractivity contribution >= 4 is 15.9 Å². The van der Waals surface area contributed by atoms with Crippen LogP contribution < -0.4 is 0 Å². The van der Waals surface area contributed by atoms with Crippen molar-refractivity contribution in [3.8, 4) is 11.1 Å². The van der Waals surface area contributed by atoms with Gasteiger partial charge >= 0.3 is 0 Å². The zero-order valence-electron chi connectivity index (χ0n) is 8.60. The van der Waals surface area contributed by atoms with Gasteiger partial charge in [-0.15, -0.1) is 0 Å². The first-order chi connectivity index (χ1) is 7.59. The van der Waals surface area contributed by atoms with Gasteiger partial charge in [-0.2, -0.15) is 0 Å². The fourth-order valence-corrected chi connectivity index (χ4v) is 1.82. The van der Waals surface area contributed by atoms with E-state index >= 15 is 0 Å². The number of benzene rings is 2. The molecule has 2 aromatic rings. The van der Waals surface area contributed by atoms with Crippen LogP contribution in [0.5, 0.6) is 0 Å². The molecule has 0 unspecified atom stereocenters. The van der Waals surface area contributed by atoms with E-state index < -0.39 is 0 Å². The van der Waals surface area contributed by atoms with Crippen molar-refractivity contribution in [1.82, 2.24) is 0 Å². The summed E-state index contributed by atoms with van der Waals surface area (Å²) in [6.45, 7) is 1.70. The van der Waals surface area contributed by atoms with Gasteiger partial charge in [0.05, 0.1) is 0 Å². The fourth-order valence-electron chi connectivity index (χ4n) is 1.51. The van der Waals surface area contributed by atoms with Crippen LogP contribution in [0.15, 0.2) is 40.9 Å². The lowest BCUT2D eigenvalue weighted by atomic mass is 10.0. The molecule has 0 aliphatic rings. The summed E-state index contributed by atoms with van der Waals surface area (Å²) in [7, 11) is 0. The summed E-state index contributed by atoms with van der Waals surface area (Å²) in [5.41, 5.74) is 1.72. The number of hydrogen-bond donors (Lipinski definition) is 0. The van der Waals surface area contributed by atoms with E-state index in [2.05, 4.69) is 15.9 Å². The summed E-state index contributed by atoms with van der Waals surface area (Å²) in [6, 6.07) is 9.26.